The van der Waals surface area contributed by atoms with Crippen molar-refractivity contribution in [2.45, 2.75) is 129 Å². The molecule has 0 radical (unpaired) electrons. The Labute approximate surface area is 343 Å². The third-order valence-electron chi connectivity index (χ3n) is 20.7. The molecule has 12 rings (SSSR count). The summed E-state index contributed by atoms with van der Waals surface area (Å²) in [5, 5.41) is 73.9. The highest BCUT2D eigenvalue weighted by Crippen LogP contribution is 2.85. The average Bonchev–Trinajstić information content (AvgIpc) is 3.37. The summed E-state index contributed by atoms with van der Waals surface area (Å²) in [6.45, 7) is 8.40. The van der Waals surface area contributed by atoms with Crippen LogP contribution < -0.4 is 10.4 Å². The summed E-state index contributed by atoms with van der Waals surface area (Å²) >= 11 is 0. The minimum absolute atomic E-state index is 0.0409. The van der Waals surface area contributed by atoms with Gasteiger partial charge >= 0.3 is 0 Å². The van der Waals surface area contributed by atoms with Crippen molar-refractivity contribution in [1.29, 1.82) is 0 Å². The molecule has 7 nitrogen and oxygen atoms in total. The van der Waals surface area contributed by atoms with Crippen molar-refractivity contribution < 1.29 is 35.4 Å². The number of fused-ring (bicyclic) bond motifs is 6. The number of aliphatic hydroxyl groups is 6. The highest BCUT2D eigenvalue weighted by molar-refractivity contribution is 5.96. The molecule has 7 heteroatoms. The van der Waals surface area contributed by atoms with Gasteiger partial charge in [-0.15, -0.1) is 0 Å². The van der Waals surface area contributed by atoms with Gasteiger partial charge in [0.1, 0.15) is 0 Å². The van der Waals surface area contributed by atoms with Gasteiger partial charge in [-0.1, -0.05) is 81.4 Å². The lowest BCUT2D eigenvalue weighted by molar-refractivity contribution is -0.289. The van der Waals surface area contributed by atoms with Crippen LogP contribution >= 0.6 is 0 Å². The van der Waals surface area contributed by atoms with Crippen molar-refractivity contribution in [3.8, 4) is 0 Å². The zero-order valence-electron chi connectivity index (χ0n) is 35.0. The zero-order chi connectivity index (χ0) is 40.6. The van der Waals surface area contributed by atoms with E-state index in [1.807, 2.05) is 6.07 Å². The second kappa shape index (κ2) is 11.9. The molecule has 1 aromatic rings. The Morgan fingerprint density at radius 3 is 2.47 bits per heavy atom. The van der Waals surface area contributed by atoms with E-state index in [9.17, 15) is 30.6 Å². The molecule has 0 heterocycles. The lowest BCUT2D eigenvalue weighted by Gasteiger charge is -2.77. The van der Waals surface area contributed by atoms with Crippen LogP contribution in [0.3, 0.4) is 0 Å². The molecule has 6 fully saturated rings. The molecule has 17 unspecified atom stereocenters. The molecule has 2 spiro atoms. The number of hydrogen-bond donors (Lipinski definition) is 6. The molecule has 0 saturated heterocycles. The lowest BCUT2D eigenvalue weighted by Crippen LogP contribution is -2.77. The van der Waals surface area contributed by atoms with E-state index < -0.39 is 63.5 Å². The molecule has 11 aliphatic rings. The molecule has 1 aromatic carbocycles. The fraction of sp³-hybridized carbons (Fsp3) is 0.706. The molecule has 58 heavy (non-hydrogen) atoms. The minimum atomic E-state index is -1.25. The second-order valence-corrected chi connectivity index (χ2v) is 22.8. The van der Waals surface area contributed by atoms with Crippen LogP contribution in [-0.4, -0.2) is 67.4 Å². The fourth-order valence-electron chi connectivity index (χ4n) is 19.1. The molecular weight excluding hydrogens is 725 g/mol. The van der Waals surface area contributed by atoms with Crippen LogP contribution in [0.2, 0.25) is 0 Å². The number of aliphatic hydroxyl groups excluding tert-OH is 5. The topological polar surface area (TPSA) is 138 Å². The minimum Gasteiger partial charge on any atom is -0.396 e. The molecule has 0 amide bonds. The Balaban J connectivity index is 1.20. The van der Waals surface area contributed by atoms with E-state index in [2.05, 4.69) is 75.4 Å². The first-order chi connectivity index (χ1) is 27.5. The van der Waals surface area contributed by atoms with Gasteiger partial charge in [-0.2, -0.15) is 0 Å². The first-order valence-electron chi connectivity index (χ1n) is 23.0. The maximum Gasteiger partial charge on any atom is 0.159 e. The number of carbonyl (C=O) groups is 1. The predicted octanol–water partition coefficient (Wildman–Crippen LogP) is 5.44. The quantitative estimate of drug-likeness (QED) is 0.224. The van der Waals surface area contributed by atoms with Gasteiger partial charge in [-0.05, 0) is 168 Å². The van der Waals surface area contributed by atoms with E-state index in [0.717, 1.165) is 67.4 Å². The molecule has 11 aliphatic carbocycles. The van der Waals surface area contributed by atoms with Crippen LogP contribution in [0, 0.1) is 79.3 Å². The first kappa shape index (κ1) is 38.5. The average molecular weight is 791 g/mol. The molecule has 0 aromatic heterocycles. The monoisotopic (exact) mass is 790 g/mol. The fourth-order valence-corrected chi connectivity index (χ4v) is 19.1. The summed E-state index contributed by atoms with van der Waals surface area (Å²) in [7, 11) is 0. The summed E-state index contributed by atoms with van der Waals surface area (Å²) < 4.78 is 0. The number of ketones is 1. The van der Waals surface area contributed by atoms with Crippen LogP contribution in [0.5, 0.6) is 0 Å². The smallest absolute Gasteiger partial charge is 0.159 e. The summed E-state index contributed by atoms with van der Waals surface area (Å²) in [5.74, 6) is -0.536. The van der Waals surface area contributed by atoms with Crippen LogP contribution in [0.15, 0.2) is 54.2 Å². The van der Waals surface area contributed by atoms with E-state index in [0.29, 0.717) is 31.6 Å². The normalized spacial score (nSPS) is 52.0. The van der Waals surface area contributed by atoms with E-state index in [1.54, 1.807) is 6.92 Å². The first-order valence-corrected chi connectivity index (χ1v) is 23.0. The van der Waals surface area contributed by atoms with Crippen LogP contribution in [0.25, 0.3) is 12.2 Å². The Hall–Kier alpha value is -2.39. The number of hydrogen-bond acceptors (Lipinski definition) is 7. The van der Waals surface area contributed by atoms with Gasteiger partial charge in [-0.25, -0.2) is 0 Å². The third kappa shape index (κ3) is 4.13. The summed E-state index contributed by atoms with van der Waals surface area (Å²) in [6, 6.07) is 6.26. The Morgan fingerprint density at radius 1 is 0.914 bits per heavy atom. The van der Waals surface area contributed by atoms with E-state index in [4.69, 9.17) is 0 Å². The number of carbonyl (C=O) groups excluding carboxylic acids is 1. The van der Waals surface area contributed by atoms with Gasteiger partial charge in [0, 0.05) is 16.7 Å². The second-order valence-electron chi connectivity index (χ2n) is 22.8. The highest BCUT2D eigenvalue weighted by Gasteiger charge is 2.83. The molecular formula is C51H66O7. The van der Waals surface area contributed by atoms with E-state index >= 15 is 4.79 Å². The van der Waals surface area contributed by atoms with Crippen molar-refractivity contribution in [2.75, 3.05) is 13.2 Å². The van der Waals surface area contributed by atoms with E-state index in [-0.39, 0.29) is 52.8 Å². The summed E-state index contributed by atoms with van der Waals surface area (Å²) in [4.78, 5) is 16.2. The van der Waals surface area contributed by atoms with Crippen molar-refractivity contribution in [1.82, 2.24) is 0 Å². The highest BCUT2D eigenvalue weighted by atomic mass is 16.3. The molecule has 312 valence electrons. The van der Waals surface area contributed by atoms with Crippen molar-refractivity contribution in [3.05, 3.63) is 70.2 Å². The van der Waals surface area contributed by atoms with Gasteiger partial charge < -0.3 is 30.6 Å². The maximum absolute atomic E-state index is 16.2. The number of benzene rings is 1. The van der Waals surface area contributed by atoms with Crippen LogP contribution in [0.1, 0.15) is 116 Å². The lowest BCUT2D eigenvalue weighted by atomic mass is 9.26. The van der Waals surface area contributed by atoms with Gasteiger partial charge in [0.15, 0.2) is 5.78 Å². The number of allylic oxidation sites excluding steroid dienone is 5. The van der Waals surface area contributed by atoms with Gasteiger partial charge in [-0.3, -0.25) is 4.79 Å². The van der Waals surface area contributed by atoms with Gasteiger partial charge in [0.25, 0.3) is 0 Å². The standard InChI is InChI=1S/C51H66O7/c1-29(54)30-9-10-31-20-32-11-16-46-17-13-40-49(42(57)25-52)15-6-8-35(22-41(49)56)51(40,36(32)21-33(31)19-30)43(46)39(55)23-37-38-24-44(2,3)26-47-14-5-7-34(47)12-18-48(58,27-45(37,46)4)50(38,47)28-53/h6,8-10,12,18-21,23,29,32,34-36,38,40-43,52-54,56-58H,5,7,11,13-17,22,24-28H2,1-4H3. The van der Waals surface area contributed by atoms with E-state index in [1.165, 1.54) is 5.57 Å². The summed E-state index contributed by atoms with van der Waals surface area (Å²) in [5.41, 5.74) is -3.10. The Bertz CT molecular complexity index is 2190. The molecule has 0 aliphatic heterocycles. The SMILES string of the molecule is CC(O)c1ccc2c(c1)=CC1C(C=2)CCC23CCC4C5(C(O)CO)CC=CC(CC5O)C14C2C(=O)C=C1C2CC(C)(C)CC45CCCC4C=CC(O)(CC13C)C25CO. The third-order valence-corrected chi connectivity index (χ3v) is 20.7. The summed E-state index contributed by atoms with van der Waals surface area (Å²) in [6.07, 6.45) is 22.5. The largest absolute Gasteiger partial charge is 0.396 e. The Morgan fingerprint density at radius 2 is 1.71 bits per heavy atom. The molecule has 6 N–H and O–H groups in total. The van der Waals surface area contributed by atoms with Crippen LogP contribution in [-0.2, 0) is 4.79 Å². The van der Waals surface area contributed by atoms with Gasteiger partial charge in [0.2, 0.25) is 0 Å². The predicted molar refractivity (Wildman–Crippen MR) is 222 cm³/mol. The Kier molecular flexibility index (Phi) is 7.94. The van der Waals surface area contributed by atoms with Crippen molar-refractivity contribution in [3.63, 3.8) is 0 Å². The molecule has 6 saturated carbocycles. The van der Waals surface area contributed by atoms with Crippen molar-refractivity contribution in [2.24, 2.45) is 79.3 Å². The maximum atomic E-state index is 16.2. The molecule has 4 bridgehead atoms. The number of rotatable bonds is 4. The zero-order valence-corrected chi connectivity index (χ0v) is 35.0. The molecule has 17 atom stereocenters. The van der Waals surface area contributed by atoms with Gasteiger partial charge in [0.05, 0.1) is 37.1 Å². The van der Waals surface area contributed by atoms with Crippen molar-refractivity contribution >= 4 is 17.9 Å². The van der Waals surface area contributed by atoms with Crippen LogP contribution in [0.4, 0.5) is 0 Å².